The molecule has 1 fully saturated rings. The summed E-state index contributed by atoms with van der Waals surface area (Å²) < 4.78 is 7.39. The summed E-state index contributed by atoms with van der Waals surface area (Å²) in [5, 5.41) is 4.84. The van der Waals surface area contributed by atoms with Gasteiger partial charge in [0.25, 0.3) is 5.91 Å². The number of halogens is 6. The summed E-state index contributed by atoms with van der Waals surface area (Å²) >= 11 is 32.6. The molecule has 0 aromatic heterocycles. The van der Waals surface area contributed by atoms with Crippen LogP contribution < -0.4 is 10.1 Å². The molecule has 0 unspecified atom stereocenters. The second-order valence-electron chi connectivity index (χ2n) is 6.91. The number of hydrogen-bond acceptors (Lipinski definition) is 4. The fraction of sp³-hybridized carbons (Fsp3) is 0.0435. The van der Waals surface area contributed by atoms with Crippen molar-refractivity contribution in [3.8, 4) is 5.75 Å². The normalized spacial score (nSPS) is 15.8. The number of amides is 1. The average molecular weight is 682 g/mol. The molecule has 1 N–H and O–H groups in total. The third kappa shape index (κ3) is 6.13. The molecule has 1 amide bonds. The first-order valence-electron chi connectivity index (χ1n) is 9.50. The van der Waals surface area contributed by atoms with E-state index in [1.807, 2.05) is 18.2 Å². The molecule has 11 heteroatoms. The Balaban J connectivity index is 1.51. The van der Waals surface area contributed by atoms with Crippen LogP contribution in [0.3, 0.4) is 0 Å². The van der Waals surface area contributed by atoms with Crippen molar-refractivity contribution in [2.45, 2.75) is 6.61 Å². The van der Waals surface area contributed by atoms with Crippen LogP contribution in [0.4, 0.5) is 5.69 Å². The number of nitrogens with zero attached hydrogens (tertiary/aromatic N) is 1. The van der Waals surface area contributed by atoms with Crippen molar-refractivity contribution in [2.75, 3.05) is 0 Å². The Morgan fingerprint density at radius 3 is 2.41 bits per heavy atom. The quantitative estimate of drug-likeness (QED) is 0.273. The molecule has 34 heavy (non-hydrogen) atoms. The lowest BCUT2D eigenvalue weighted by Crippen LogP contribution is -2.19. The summed E-state index contributed by atoms with van der Waals surface area (Å²) in [6, 6.07) is 14.2. The molecule has 1 aliphatic heterocycles. The van der Waals surface area contributed by atoms with Crippen molar-refractivity contribution in [2.24, 2.45) is 4.99 Å². The van der Waals surface area contributed by atoms with E-state index in [9.17, 15) is 4.79 Å². The molecule has 4 rings (SSSR count). The molecule has 1 heterocycles. The Morgan fingerprint density at radius 2 is 1.71 bits per heavy atom. The van der Waals surface area contributed by atoms with Gasteiger partial charge in [-0.2, -0.15) is 0 Å². The number of rotatable bonds is 5. The van der Waals surface area contributed by atoms with Gasteiger partial charge in [0.05, 0.1) is 39.6 Å². The predicted octanol–water partition coefficient (Wildman–Crippen LogP) is 9.30. The maximum atomic E-state index is 12.5. The lowest BCUT2D eigenvalue weighted by molar-refractivity contribution is -0.115. The van der Waals surface area contributed by atoms with Crippen LogP contribution in [-0.4, -0.2) is 11.1 Å². The minimum absolute atomic E-state index is 0.255. The zero-order valence-corrected chi connectivity index (χ0v) is 23.9. The fourth-order valence-electron chi connectivity index (χ4n) is 2.91. The maximum absolute atomic E-state index is 12.5. The minimum Gasteiger partial charge on any atom is -0.487 e. The number of nitrogens with one attached hydrogen (secondary N) is 1. The largest absolute Gasteiger partial charge is 0.487 e. The smallest absolute Gasteiger partial charge is 0.264 e. The lowest BCUT2D eigenvalue weighted by Gasteiger charge is -2.12. The van der Waals surface area contributed by atoms with Crippen LogP contribution in [0.25, 0.3) is 6.08 Å². The van der Waals surface area contributed by atoms with Crippen LogP contribution in [0.1, 0.15) is 11.1 Å². The Kier molecular flexibility index (Phi) is 8.57. The average Bonchev–Trinajstić information content (AvgIpc) is 3.12. The molecule has 0 spiro atoms. The van der Waals surface area contributed by atoms with Crippen molar-refractivity contribution in [3.05, 3.63) is 93.6 Å². The summed E-state index contributed by atoms with van der Waals surface area (Å²) in [6.07, 6.45) is 1.76. The topological polar surface area (TPSA) is 50.7 Å². The maximum Gasteiger partial charge on any atom is 0.264 e. The van der Waals surface area contributed by atoms with Gasteiger partial charge in [-0.1, -0.05) is 58.5 Å². The zero-order chi connectivity index (χ0) is 24.4. The third-order valence-electron chi connectivity index (χ3n) is 4.49. The second-order valence-corrected chi connectivity index (χ2v) is 11.2. The van der Waals surface area contributed by atoms with Crippen molar-refractivity contribution in [1.29, 1.82) is 0 Å². The number of ether oxygens (including phenoxy) is 1. The highest BCUT2D eigenvalue weighted by Gasteiger charge is 2.24. The van der Waals surface area contributed by atoms with Crippen LogP contribution >= 0.6 is 90.0 Å². The summed E-state index contributed by atoms with van der Waals surface area (Å²) in [7, 11) is 0. The Hall–Kier alpha value is -1.19. The number of aliphatic imine (C=N–C) groups is 1. The van der Waals surface area contributed by atoms with Crippen molar-refractivity contribution in [1.82, 2.24) is 5.32 Å². The van der Waals surface area contributed by atoms with Gasteiger partial charge in [0.2, 0.25) is 0 Å². The SMILES string of the molecule is O=C1NC(=Nc2cccc(Cl)c2Cl)S/C1=C\c1cc(Br)c(OCc2ccc(Cl)c(Cl)c2)c(Br)c1. The predicted molar refractivity (Wildman–Crippen MR) is 150 cm³/mol. The first-order chi connectivity index (χ1) is 16.2. The molecular formula is C23H12Br2Cl4N2O2S. The van der Waals surface area contributed by atoms with Crippen LogP contribution in [0.5, 0.6) is 5.75 Å². The standard InChI is InChI=1S/C23H12Br2Cl4N2O2S/c24-13-6-12(7-14(25)21(13)33-10-11-4-5-15(26)17(28)8-11)9-19-22(32)31-23(34-19)30-18-3-1-2-16(27)20(18)29/h1-9H,10H2,(H,30,31,32)/b19-9-. The van der Waals surface area contributed by atoms with Crippen molar-refractivity contribution >= 4 is 113 Å². The van der Waals surface area contributed by atoms with Gasteiger partial charge in [-0.3, -0.25) is 4.79 Å². The number of carbonyl (C=O) groups is 1. The third-order valence-corrected chi connectivity index (χ3v) is 8.13. The molecule has 4 nitrogen and oxygen atoms in total. The molecule has 174 valence electrons. The van der Waals surface area contributed by atoms with Crippen LogP contribution in [0.2, 0.25) is 20.1 Å². The zero-order valence-electron chi connectivity index (χ0n) is 16.8. The van der Waals surface area contributed by atoms with E-state index in [2.05, 4.69) is 42.2 Å². The van der Waals surface area contributed by atoms with E-state index in [4.69, 9.17) is 51.1 Å². The minimum atomic E-state index is -0.255. The molecule has 3 aromatic carbocycles. The molecular weight excluding hydrogens is 670 g/mol. The number of hydrogen-bond donors (Lipinski definition) is 1. The van der Waals surface area contributed by atoms with Gasteiger partial charge >= 0.3 is 0 Å². The first kappa shape index (κ1) is 25.9. The summed E-state index contributed by atoms with van der Waals surface area (Å²) in [5.74, 6) is 0.365. The van der Waals surface area contributed by atoms with E-state index in [1.165, 1.54) is 11.8 Å². The van der Waals surface area contributed by atoms with E-state index >= 15 is 0 Å². The molecule has 0 saturated carbocycles. The summed E-state index contributed by atoms with van der Waals surface area (Å²) in [6.45, 7) is 0.304. The van der Waals surface area contributed by atoms with Gasteiger partial charge in [0.15, 0.2) is 5.17 Å². The van der Waals surface area contributed by atoms with E-state index in [0.717, 1.165) is 20.1 Å². The summed E-state index contributed by atoms with van der Waals surface area (Å²) in [5.41, 5.74) is 2.15. The van der Waals surface area contributed by atoms with Gasteiger partial charge in [0.1, 0.15) is 12.4 Å². The molecule has 1 saturated heterocycles. The Labute approximate surface area is 236 Å². The molecule has 3 aromatic rings. The number of thioether (sulfide) groups is 1. The number of amidine groups is 1. The van der Waals surface area contributed by atoms with Crippen molar-refractivity contribution < 1.29 is 9.53 Å². The summed E-state index contributed by atoms with van der Waals surface area (Å²) in [4.78, 5) is 17.4. The van der Waals surface area contributed by atoms with Gasteiger partial charge in [0, 0.05) is 0 Å². The van der Waals surface area contributed by atoms with Gasteiger partial charge in [-0.05, 0) is 97.2 Å². The highest BCUT2D eigenvalue weighted by molar-refractivity contribution is 9.11. The van der Waals surface area contributed by atoms with E-state index in [-0.39, 0.29) is 5.91 Å². The number of benzene rings is 3. The highest BCUT2D eigenvalue weighted by atomic mass is 79.9. The van der Waals surface area contributed by atoms with Crippen LogP contribution in [0, 0.1) is 0 Å². The monoisotopic (exact) mass is 678 g/mol. The molecule has 0 aliphatic carbocycles. The molecule has 1 aliphatic rings. The van der Waals surface area contributed by atoms with Crippen LogP contribution in [0.15, 0.2) is 67.4 Å². The second kappa shape index (κ2) is 11.2. The van der Waals surface area contributed by atoms with Crippen molar-refractivity contribution in [3.63, 3.8) is 0 Å². The van der Waals surface area contributed by atoms with Crippen LogP contribution in [-0.2, 0) is 11.4 Å². The molecule has 0 radical (unpaired) electrons. The Morgan fingerprint density at radius 1 is 0.971 bits per heavy atom. The molecule has 0 atom stereocenters. The fourth-order valence-corrected chi connectivity index (χ4v) is 5.85. The number of carbonyl (C=O) groups excluding carboxylic acids is 1. The van der Waals surface area contributed by atoms with E-state index in [1.54, 1.807) is 36.4 Å². The van der Waals surface area contributed by atoms with E-state index < -0.39 is 0 Å². The highest BCUT2D eigenvalue weighted by Crippen LogP contribution is 2.38. The van der Waals surface area contributed by atoms with Gasteiger partial charge in [-0.15, -0.1) is 0 Å². The Bertz CT molecular complexity index is 1340. The van der Waals surface area contributed by atoms with Gasteiger partial charge < -0.3 is 10.1 Å². The van der Waals surface area contributed by atoms with E-state index in [0.29, 0.717) is 48.2 Å². The lowest BCUT2D eigenvalue weighted by atomic mass is 10.2. The van der Waals surface area contributed by atoms with Gasteiger partial charge in [-0.25, -0.2) is 4.99 Å². The molecule has 0 bridgehead atoms. The first-order valence-corrected chi connectivity index (χ1v) is 13.4.